The monoisotopic (exact) mass is 277 g/mol. The summed E-state index contributed by atoms with van der Waals surface area (Å²) in [5, 5.41) is 7.45. The van der Waals surface area contributed by atoms with Crippen molar-refractivity contribution < 1.29 is 4.74 Å². The summed E-state index contributed by atoms with van der Waals surface area (Å²) in [5.74, 6) is 0.817. The van der Waals surface area contributed by atoms with Crippen molar-refractivity contribution in [2.24, 2.45) is 0 Å². The Balaban J connectivity index is 2.13. The Morgan fingerprint density at radius 1 is 1.26 bits per heavy atom. The van der Waals surface area contributed by atoms with Crippen LogP contribution in [-0.2, 0) is 11.3 Å². The van der Waals surface area contributed by atoms with E-state index >= 15 is 0 Å². The zero-order valence-electron chi connectivity index (χ0n) is 11.6. The summed E-state index contributed by atoms with van der Waals surface area (Å²) in [5.41, 5.74) is 4.35. The van der Waals surface area contributed by atoms with Crippen LogP contribution in [0.2, 0.25) is 0 Å². The van der Waals surface area contributed by atoms with Crippen LogP contribution in [0.4, 0.5) is 0 Å². The van der Waals surface area contributed by atoms with Crippen LogP contribution in [-0.4, -0.2) is 30.2 Å². The van der Waals surface area contributed by atoms with Crippen LogP contribution in [0.15, 0.2) is 16.8 Å². The highest BCUT2D eigenvalue weighted by molar-refractivity contribution is 7.08. The quantitative estimate of drug-likeness (QED) is 0.824. The number of aryl methyl sites for hydroxylation is 2. The number of ether oxygens (including phenoxy) is 1. The third-order valence-electron chi connectivity index (χ3n) is 2.98. The molecule has 0 radical (unpaired) electrons. The Bertz CT molecular complexity index is 502. The highest BCUT2D eigenvalue weighted by Gasteiger charge is 2.09. The molecule has 0 amide bonds. The van der Waals surface area contributed by atoms with Gasteiger partial charge in [-0.15, -0.1) is 0 Å². The summed E-state index contributed by atoms with van der Waals surface area (Å²) >= 11 is 1.66. The van der Waals surface area contributed by atoms with E-state index in [0.717, 1.165) is 35.9 Å². The predicted molar refractivity (Wildman–Crippen MR) is 78.4 cm³/mol. The maximum absolute atomic E-state index is 5.02. The fraction of sp³-hybridized carbons (Fsp3) is 0.429. The third kappa shape index (κ3) is 3.59. The van der Waals surface area contributed by atoms with Gasteiger partial charge >= 0.3 is 0 Å². The molecule has 0 aromatic carbocycles. The Labute approximate surface area is 117 Å². The van der Waals surface area contributed by atoms with Gasteiger partial charge in [-0.2, -0.15) is 11.3 Å². The second-order valence-corrected chi connectivity index (χ2v) is 5.16. The standard InChI is InChI=1S/C14H19N3OS/c1-10-13(8-15-5-6-18-3)11(2)17-14(16-10)12-4-7-19-9-12/h4,7,9,15H,5-6,8H2,1-3H3. The minimum absolute atomic E-state index is 0.714. The summed E-state index contributed by atoms with van der Waals surface area (Å²) in [7, 11) is 1.71. The Morgan fingerprint density at radius 2 is 2.00 bits per heavy atom. The van der Waals surface area contributed by atoms with Crippen LogP contribution >= 0.6 is 11.3 Å². The molecule has 0 atom stereocenters. The molecule has 19 heavy (non-hydrogen) atoms. The highest BCUT2D eigenvalue weighted by atomic mass is 32.1. The minimum atomic E-state index is 0.714. The molecular weight excluding hydrogens is 258 g/mol. The first-order valence-corrected chi connectivity index (χ1v) is 7.23. The Morgan fingerprint density at radius 3 is 2.58 bits per heavy atom. The number of nitrogens with one attached hydrogen (secondary N) is 1. The van der Waals surface area contributed by atoms with Gasteiger partial charge < -0.3 is 10.1 Å². The van der Waals surface area contributed by atoms with Gasteiger partial charge in [0, 0.05) is 48.1 Å². The molecule has 2 aromatic rings. The van der Waals surface area contributed by atoms with Gasteiger partial charge in [-0.3, -0.25) is 0 Å². The second kappa shape index (κ2) is 6.75. The summed E-state index contributed by atoms with van der Waals surface area (Å²) in [4.78, 5) is 9.20. The molecule has 0 saturated heterocycles. The average Bonchev–Trinajstić information content (AvgIpc) is 2.90. The fourth-order valence-corrected chi connectivity index (χ4v) is 2.54. The van der Waals surface area contributed by atoms with E-state index in [1.807, 2.05) is 19.2 Å². The lowest BCUT2D eigenvalue weighted by Gasteiger charge is -2.11. The van der Waals surface area contributed by atoms with E-state index in [4.69, 9.17) is 4.74 Å². The van der Waals surface area contributed by atoms with Crippen molar-refractivity contribution in [2.45, 2.75) is 20.4 Å². The number of rotatable bonds is 6. The summed E-state index contributed by atoms with van der Waals surface area (Å²) in [6.45, 7) is 6.41. The molecule has 0 bridgehead atoms. The predicted octanol–water partition coefficient (Wildman–Crippen LogP) is 2.56. The molecule has 2 rings (SSSR count). The van der Waals surface area contributed by atoms with Crippen molar-refractivity contribution >= 4 is 11.3 Å². The molecule has 2 heterocycles. The van der Waals surface area contributed by atoms with E-state index in [1.165, 1.54) is 5.56 Å². The normalized spacial score (nSPS) is 10.9. The number of hydrogen-bond acceptors (Lipinski definition) is 5. The molecule has 1 N–H and O–H groups in total. The highest BCUT2D eigenvalue weighted by Crippen LogP contribution is 2.20. The first-order valence-electron chi connectivity index (χ1n) is 6.28. The van der Waals surface area contributed by atoms with E-state index in [9.17, 15) is 0 Å². The largest absolute Gasteiger partial charge is 0.383 e. The first kappa shape index (κ1) is 14.1. The van der Waals surface area contributed by atoms with Crippen LogP contribution in [0.25, 0.3) is 11.4 Å². The number of hydrogen-bond donors (Lipinski definition) is 1. The van der Waals surface area contributed by atoms with Crippen molar-refractivity contribution in [3.05, 3.63) is 33.8 Å². The van der Waals surface area contributed by atoms with E-state index in [2.05, 4.69) is 26.7 Å². The summed E-state index contributed by atoms with van der Waals surface area (Å²) < 4.78 is 5.02. The van der Waals surface area contributed by atoms with Gasteiger partial charge in [-0.25, -0.2) is 9.97 Å². The van der Waals surface area contributed by atoms with Crippen molar-refractivity contribution in [1.29, 1.82) is 0 Å². The van der Waals surface area contributed by atoms with Crippen LogP contribution in [0.5, 0.6) is 0 Å². The molecule has 0 aliphatic heterocycles. The smallest absolute Gasteiger partial charge is 0.160 e. The lowest BCUT2D eigenvalue weighted by Crippen LogP contribution is -2.20. The van der Waals surface area contributed by atoms with Crippen LogP contribution in [0.1, 0.15) is 17.0 Å². The topological polar surface area (TPSA) is 47.0 Å². The molecule has 102 valence electrons. The van der Waals surface area contributed by atoms with Gasteiger partial charge in [-0.05, 0) is 25.3 Å². The third-order valence-corrected chi connectivity index (χ3v) is 3.67. The average molecular weight is 277 g/mol. The Kier molecular flexibility index (Phi) is 5.01. The van der Waals surface area contributed by atoms with E-state index in [1.54, 1.807) is 18.4 Å². The fourth-order valence-electron chi connectivity index (χ4n) is 1.90. The van der Waals surface area contributed by atoms with Gasteiger partial charge in [0.05, 0.1) is 6.61 Å². The Hall–Kier alpha value is -1.30. The lowest BCUT2D eigenvalue weighted by molar-refractivity contribution is 0.199. The molecule has 5 heteroatoms. The van der Waals surface area contributed by atoms with Gasteiger partial charge in [0.1, 0.15) is 0 Å². The summed E-state index contributed by atoms with van der Waals surface area (Å²) in [6.07, 6.45) is 0. The van der Waals surface area contributed by atoms with Crippen molar-refractivity contribution in [1.82, 2.24) is 15.3 Å². The molecule has 0 saturated carbocycles. The number of nitrogens with zero attached hydrogens (tertiary/aromatic N) is 2. The number of aromatic nitrogens is 2. The van der Waals surface area contributed by atoms with Crippen LogP contribution in [0.3, 0.4) is 0 Å². The number of thiophene rings is 1. The van der Waals surface area contributed by atoms with E-state index < -0.39 is 0 Å². The first-order chi connectivity index (χ1) is 9.22. The molecule has 0 aliphatic carbocycles. The van der Waals surface area contributed by atoms with E-state index in [0.29, 0.717) is 6.61 Å². The molecular formula is C14H19N3OS. The zero-order chi connectivity index (χ0) is 13.7. The minimum Gasteiger partial charge on any atom is -0.383 e. The molecule has 4 nitrogen and oxygen atoms in total. The van der Waals surface area contributed by atoms with Crippen LogP contribution in [0, 0.1) is 13.8 Å². The van der Waals surface area contributed by atoms with Gasteiger partial charge in [-0.1, -0.05) is 0 Å². The van der Waals surface area contributed by atoms with E-state index in [-0.39, 0.29) is 0 Å². The zero-order valence-corrected chi connectivity index (χ0v) is 12.4. The van der Waals surface area contributed by atoms with Crippen LogP contribution < -0.4 is 5.32 Å². The van der Waals surface area contributed by atoms with Gasteiger partial charge in [0.2, 0.25) is 0 Å². The van der Waals surface area contributed by atoms with Crippen molar-refractivity contribution in [3.8, 4) is 11.4 Å². The second-order valence-electron chi connectivity index (χ2n) is 4.38. The molecule has 0 spiro atoms. The van der Waals surface area contributed by atoms with Crippen molar-refractivity contribution in [3.63, 3.8) is 0 Å². The lowest BCUT2D eigenvalue weighted by atomic mass is 10.1. The van der Waals surface area contributed by atoms with Gasteiger partial charge in [0.15, 0.2) is 5.82 Å². The molecule has 0 fully saturated rings. The molecule has 0 aliphatic rings. The van der Waals surface area contributed by atoms with Gasteiger partial charge in [0.25, 0.3) is 0 Å². The number of methoxy groups -OCH3 is 1. The summed E-state index contributed by atoms with van der Waals surface area (Å²) in [6, 6.07) is 2.05. The maximum Gasteiger partial charge on any atom is 0.160 e. The molecule has 2 aromatic heterocycles. The van der Waals surface area contributed by atoms with Crippen molar-refractivity contribution in [2.75, 3.05) is 20.3 Å². The SMILES string of the molecule is COCCNCc1c(C)nc(-c2ccsc2)nc1C. The maximum atomic E-state index is 5.02. The molecule has 0 unspecified atom stereocenters.